The van der Waals surface area contributed by atoms with Gasteiger partial charge in [0.2, 0.25) is 5.24 Å². The van der Waals surface area contributed by atoms with Gasteiger partial charge in [-0.3, -0.25) is 4.79 Å². The van der Waals surface area contributed by atoms with Gasteiger partial charge < -0.3 is 5.73 Å². The molecule has 2 rings (SSSR count). The molecule has 0 amide bonds. The number of carbonyl (C=O) groups is 1. The lowest BCUT2D eigenvalue weighted by Gasteiger charge is -2.36. The molecule has 1 aliphatic carbocycles. The molecule has 2 unspecified atom stereocenters. The van der Waals surface area contributed by atoms with Crippen molar-refractivity contribution in [1.82, 2.24) is 0 Å². The SMILES string of the molecule is Cc1ccc2c(c1)CC(C)CC2(N)C(=O)Cl. The minimum atomic E-state index is -0.998. The van der Waals surface area contributed by atoms with E-state index >= 15 is 0 Å². The third-order valence-electron chi connectivity index (χ3n) is 3.33. The van der Waals surface area contributed by atoms with Crippen molar-refractivity contribution in [2.45, 2.75) is 32.2 Å². The lowest BCUT2D eigenvalue weighted by Crippen LogP contribution is -2.47. The van der Waals surface area contributed by atoms with Crippen molar-refractivity contribution in [3.8, 4) is 0 Å². The quantitative estimate of drug-likeness (QED) is 0.763. The van der Waals surface area contributed by atoms with Gasteiger partial charge in [0, 0.05) is 0 Å². The molecule has 86 valence electrons. The third kappa shape index (κ3) is 1.76. The highest BCUT2D eigenvalue weighted by atomic mass is 35.5. The van der Waals surface area contributed by atoms with Crippen LogP contribution in [0.2, 0.25) is 0 Å². The molecule has 1 aromatic rings. The van der Waals surface area contributed by atoms with Gasteiger partial charge in [0.05, 0.1) is 0 Å². The van der Waals surface area contributed by atoms with E-state index in [1.54, 1.807) is 0 Å². The van der Waals surface area contributed by atoms with Crippen LogP contribution < -0.4 is 5.73 Å². The van der Waals surface area contributed by atoms with Gasteiger partial charge in [-0.2, -0.15) is 0 Å². The first-order valence-corrected chi connectivity index (χ1v) is 5.90. The largest absolute Gasteiger partial charge is 0.314 e. The first-order valence-electron chi connectivity index (χ1n) is 5.52. The summed E-state index contributed by atoms with van der Waals surface area (Å²) in [6.45, 7) is 4.15. The first-order chi connectivity index (χ1) is 7.43. The van der Waals surface area contributed by atoms with Crippen LogP contribution >= 0.6 is 11.6 Å². The molecule has 0 aromatic heterocycles. The lowest BCUT2D eigenvalue weighted by atomic mass is 9.73. The molecule has 0 saturated heterocycles. The summed E-state index contributed by atoms with van der Waals surface area (Å²) in [5.74, 6) is 0.391. The predicted octanol–water partition coefficient (Wildman–Crippen LogP) is 2.50. The number of hydrogen-bond donors (Lipinski definition) is 1. The predicted molar refractivity (Wildman–Crippen MR) is 65.4 cm³/mol. The molecule has 2 atom stereocenters. The average molecular weight is 238 g/mol. The van der Waals surface area contributed by atoms with Gasteiger partial charge in [-0.15, -0.1) is 0 Å². The summed E-state index contributed by atoms with van der Waals surface area (Å²) < 4.78 is 0. The number of benzene rings is 1. The van der Waals surface area contributed by atoms with Gasteiger partial charge in [-0.05, 0) is 48.4 Å². The molecule has 0 aliphatic heterocycles. The van der Waals surface area contributed by atoms with Crippen LogP contribution in [0, 0.1) is 12.8 Å². The van der Waals surface area contributed by atoms with Crippen LogP contribution in [0.15, 0.2) is 18.2 Å². The second kappa shape index (κ2) is 3.86. The second-order valence-electron chi connectivity index (χ2n) is 4.92. The fraction of sp³-hybridized carbons (Fsp3) is 0.462. The van der Waals surface area contributed by atoms with Crippen molar-refractivity contribution < 1.29 is 4.79 Å². The number of rotatable bonds is 1. The van der Waals surface area contributed by atoms with Gasteiger partial charge in [-0.25, -0.2) is 0 Å². The van der Waals surface area contributed by atoms with Crippen molar-refractivity contribution in [1.29, 1.82) is 0 Å². The highest BCUT2D eigenvalue weighted by molar-refractivity contribution is 6.65. The third-order valence-corrected chi connectivity index (χ3v) is 3.67. The normalized spacial score (nSPS) is 28.6. The number of aryl methyl sites for hydroxylation is 1. The van der Waals surface area contributed by atoms with Crippen LogP contribution in [0.5, 0.6) is 0 Å². The zero-order chi connectivity index (χ0) is 11.9. The minimum Gasteiger partial charge on any atom is -0.314 e. The van der Waals surface area contributed by atoms with Gasteiger partial charge in [0.25, 0.3) is 0 Å². The van der Waals surface area contributed by atoms with E-state index in [0.717, 1.165) is 17.5 Å². The molecule has 0 saturated carbocycles. The van der Waals surface area contributed by atoms with Crippen LogP contribution in [0.1, 0.15) is 30.0 Å². The van der Waals surface area contributed by atoms with E-state index in [2.05, 4.69) is 13.0 Å². The van der Waals surface area contributed by atoms with Crippen LogP contribution in [0.25, 0.3) is 0 Å². The molecule has 0 bridgehead atoms. The molecule has 1 aromatic carbocycles. The Labute approximate surface area is 101 Å². The lowest BCUT2D eigenvalue weighted by molar-refractivity contribution is -0.117. The number of nitrogens with two attached hydrogens (primary N) is 1. The Balaban J connectivity index is 2.58. The first kappa shape index (κ1) is 11.6. The van der Waals surface area contributed by atoms with Gasteiger partial charge >= 0.3 is 0 Å². The summed E-state index contributed by atoms with van der Waals surface area (Å²) in [5.41, 5.74) is 8.43. The van der Waals surface area contributed by atoms with Gasteiger partial charge in [-0.1, -0.05) is 30.7 Å². The monoisotopic (exact) mass is 237 g/mol. The van der Waals surface area contributed by atoms with Gasteiger partial charge in [0.1, 0.15) is 5.54 Å². The summed E-state index contributed by atoms with van der Waals surface area (Å²) in [7, 11) is 0. The molecule has 16 heavy (non-hydrogen) atoms. The van der Waals surface area contributed by atoms with Crippen LogP contribution in [-0.4, -0.2) is 5.24 Å². The summed E-state index contributed by atoms with van der Waals surface area (Å²) >= 11 is 5.67. The van der Waals surface area contributed by atoms with Crippen LogP contribution in [-0.2, 0) is 16.8 Å². The topological polar surface area (TPSA) is 43.1 Å². The molecular weight excluding hydrogens is 222 g/mol. The zero-order valence-electron chi connectivity index (χ0n) is 9.59. The Morgan fingerprint density at radius 2 is 2.25 bits per heavy atom. The van der Waals surface area contributed by atoms with E-state index in [1.165, 1.54) is 5.56 Å². The van der Waals surface area contributed by atoms with E-state index in [0.29, 0.717) is 12.3 Å². The second-order valence-corrected chi connectivity index (χ2v) is 5.26. The fourth-order valence-electron chi connectivity index (χ4n) is 2.62. The summed E-state index contributed by atoms with van der Waals surface area (Å²) in [5, 5.41) is -0.454. The van der Waals surface area contributed by atoms with E-state index in [4.69, 9.17) is 17.3 Å². The molecule has 1 aliphatic rings. The molecule has 2 nitrogen and oxygen atoms in total. The standard InChI is InChI=1S/C13H16ClNO/c1-8-3-4-11-10(5-8)6-9(2)7-13(11,15)12(14)16/h3-5,9H,6-7,15H2,1-2H3. The Morgan fingerprint density at radius 1 is 1.56 bits per heavy atom. The van der Waals surface area contributed by atoms with Crippen molar-refractivity contribution in [2.75, 3.05) is 0 Å². The van der Waals surface area contributed by atoms with Crippen molar-refractivity contribution in [2.24, 2.45) is 11.7 Å². The summed E-state index contributed by atoms with van der Waals surface area (Å²) in [6, 6.07) is 6.03. The van der Waals surface area contributed by atoms with Crippen LogP contribution in [0.3, 0.4) is 0 Å². The Kier molecular flexibility index (Phi) is 2.81. The maximum Gasteiger partial charge on any atom is 0.246 e. The molecular formula is C13H16ClNO. The molecule has 0 spiro atoms. The number of hydrogen-bond acceptors (Lipinski definition) is 2. The van der Waals surface area contributed by atoms with E-state index < -0.39 is 10.8 Å². The summed E-state index contributed by atoms with van der Waals surface area (Å²) in [6.07, 6.45) is 1.60. The summed E-state index contributed by atoms with van der Waals surface area (Å²) in [4.78, 5) is 11.6. The smallest absolute Gasteiger partial charge is 0.246 e. The fourth-order valence-corrected chi connectivity index (χ4v) is 2.80. The van der Waals surface area contributed by atoms with Crippen molar-refractivity contribution >= 4 is 16.8 Å². The molecule has 3 heteroatoms. The number of fused-ring (bicyclic) bond motifs is 1. The number of halogens is 1. The Morgan fingerprint density at radius 3 is 2.88 bits per heavy atom. The average Bonchev–Trinajstić information content (AvgIpc) is 2.15. The number of carbonyl (C=O) groups excluding carboxylic acids is 1. The van der Waals surface area contributed by atoms with Crippen molar-refractivity contribution in [3.63, 3.8) is 0 Å². The highest BCUT2D eigenvalue weighted by Gasteiger charge is 2.41. The molecule has 0 heterocycles. The maximum atomic E-state index is 11.6. The molecule has 2 N–H and O–H groups in total. The maximum absolute atomic E-state index is 11.6. The minimum absolute atomic E-state index is 0.391. The molecule has 0 fully saturated rings. The molecule has 0 radical (unpaired) electrons. The van der Waals surface area contributed by atoms with Crippen molar-refractivity contribution in [3.05, 3.63) is 34.9 Å². The van der Waals surface area contributed by atoms with Gasteiger partial charge in [0.15, 0.2) is 0 Å². The Bertz CT molecular complexity index is 444. The Hall–Kier alpha value is -0.860. The van der Waals surface area contributed by atoms with E-state index in [1.807, 2.05) is 19.1 Å². The van der Waals surface area contributed by atoms with Crippen LogP contribution in [0.4, 0.5) is 0 Å². The van der Waals surface area contributed by atoms with E-state index in [9.17, 15) is 4.79 Å². The highest BCUT2D eigenvalue weighted by Crippen LogP contribution is 2.38. The zero-order valence-corrected chi connectivity index (χ0v) is 10.3. The van der Waals surface area contributed by atoms with E-state index in [-0.39, 0.29) is 0 Å².